The van der Waals surface area contributed by atoms with E-state index in [0.717, 1.165) is 38.5 Å². The molecule has 0 aliphatic rings. The van der Waals surface area contributed by atoms with Crippen molar-refractivity contribution in [2.45, 2.75) is 232 Å². The van der Waals surface area contributed by atoms with E-state index in [1.165, 1.54) is 161 Å². The van der Waals surface area contributed by atoms with E-state index in [2.05, 4.69) is 19.2 Å². The van der Waals surface area contributed by atoms with Crippen molar-refractivity contribution < 1.29 is 37.9 Å². The summed E-state index contributed by atoms with van der Waals surface area (Å²) in [4.78, 5) is 33.9. The fraction of sp³-hybridized carbons (Fsp3) is 0.952. The van der Waals surface area contributed by atoms with Crippen molar-refractivity contribution in [1.82, 2.24) is 5.32 Å². The molecule has 310 valence electrons. The van der Waals surface area contributed by atoms with Crippen LogP contribution in [0.1, 0.15) is 226 Å². The fourth-order valence-corrected chi connectivity index (χ4v) is 7.20. The largest absolute Gasteiger partial charge is 0.472 e. The maximum absolute atomic E-state index is 12.1. The lowest BCUT2D eigenvalue weighted by Gasteiger charge is -2.15. The van der Waals surface area contributed by atoms with Crippen molar-refractivity contribution in [2.24, 2.45) is 0 Å². The molecule has 0 saturated heterocycles. The SMILES string of the molecule is CCCCCCCCCCCCCCCCCCC(=O)NCCOP(=O)(O)OCC(O)COC(=O)CCCCCCCCCCCCCCCCC. The van der Waals surface area contributed by atoms with Crippen molar-refractivity contribution >= 4 is 19.7 Å². The maximum Gasteiger partial charge on any atom is 0.472 e. The van der Waals surface area contributed by atoms with Crippen molar-refractivity contribution in [1.29, 1.82) is 0 Å². The van der Waals surface area contributed by atoms with E-state index in [9.17, 15) is 24.2 Å². The Morgan fingerprint density at radius 3 is 1.25 bits per heavy atom. The van der Waals surface area contributed by atoms with Gasteiger partial charge in [-0.2, -0.15) is 0 Å². The van der Waals surface area contributed by atoms with E-state index in [1.807, 2.05) is 0 Å². The highest BCUT2D eigenvalue weighted by atomic mass is 31.2. The molecule has 0 aromatic carbocycles. The number of aliphatic hydroxyl groups is 1. The lowest BCUT2D eigenvalue weighted by Crippen LogP contribution is -2.27. The third kappa shape index (κ3) is 40.2. The van der Waals surface area contributed by atoms with Gasteiger partial charge in [0.1, 0.15) is 12.7 Å². The van der Waals surface area contributed by atoms with E-state index >= 15 is 0 Å². The number of carbonyl (C=O) groups is 2. The van der Waals surface area contributed by atoms with Crippen LogP contribution in [0, 0.1) is 0 Å². The predicted octanol–water partition coefficient (Wildman–Crippen LogP) is 12.1. The molecule has 0 spiro atoms. The minimum Gasteiger partial charge on any atom is -0.463 e. The standard InChI is InChI=1S/C42H84NO8P/c1-3-5-7-9-11-13-15-17-19-21-22-24-26-28-30-32-34-41(45)43-36-37-50-52(47,48)51-39-40(44)38-49-42(46)35-33-31-29-27-25-23-20-18-16-14-12-10-8-6-4-2/h40,44H,3-39H2,1-2H3,(H,43,45)(H,47,48). The number of hydrogen-bond donors (Lipinski definition) is 3. The molecule has 10 heteroatoms. The van der Waals surface area contributed by atoms with Crippen LogP contribution >= 0.6 is 7.82 Å². The molecular weight excluding hydrogens is 677 g/mol. The monoisotopic (exact) mass is 762 g/mol. The zero-order valence-corrected chi connectivity index (χ0v) is 34.9. The van der Waals surface area contributed by atoms with E-state index in [0.29, 0.717) is 12.8 Å². The summed E-state index contributed by atoms with van der Waals surface area (Å²) in [7, 11) is -4.41. The van der Waals surface area contributed by atoms with Gasteiger partial charge in [0.05, 0.1) is 13.2 Å². The van der Waals surface area contributed by atoms with Crippen molar-refractivity contribution in [2.75, 3.05) is 26.4 Å². The zero-order chi connectivity index (χ0) is 38.2. The topological polar surface area (TPSA) is 131 Å². The molecule has 0 rings (SSSR count). The Bertz CT molecular complexity index is 830. The number of aliphatic hydroxyl groups excluding tert-OH is 1. The first-order valence-corrected chi connectivity index (χ1v) is 23.5. The van der Waals surface area contributed by atoms with Crippen molar-refractivity contribution in [3.8, 4) is 0 Å². The molecule has 0 saturated carbocycles. The molecule has 2 atom stereocenters. The van der Waals surface area contributed by atoms with E-state index < -0.39 is 26.5 Å². The van der Waals surface area contributed by atoms with Gasteiger partial charge in [0.15, 0.2) is 0 Å². The fourth-order valence-electron chi connectivity index (χ4n) is 6.44. The summed E-state index contributed by atoms with van der Waals surface area (Å²) in [5.74, 6) is -0.503. The highest BCUT2D eigenvalue weighted by Crippen LogP contribution is 2.42. The Kier molecular flexibility index (Phi) is 38.9. The molecule has 0 aliphatic carbocycles. The van der Waals surface area contributed by atoms with Gasteiger partial charge in [-0.25, -0.2) is 4.57 Å². The predicted molar refractivity (Wildman–Crippen MR) is 215 cm³/mol. The van der Waals surface area contributed by atoms with Crippen LogP contribution in [0.5, 0.6) is 0 Å². The average Bonchev–Trinajstić information content (AvgIpc) is 3.13. The van der Waals surface area contributed by atoms with Gasteiger partial charge in [-0.05, 0) is 12.8 Å². The number of unbranched alkanes of at least 4 members (excludes halogenated alkanes) is 29. The molecule has 0 heterocycles. The second-order valence-electron chi connectivity index (χ2n) is 15.0. The number of nitrogens with one attached hydrogen (secondary N) is 1. The summed E-state index contributed by atoms with van der Waals surface area (Å²) in [5, 5.41) is 12.7. The second kappa shape index (κ2) is 39.7. The highest BCUT2D eigenvalue weighted by Gasteiger charge is 2.23. The van der Waals surface area contributed by atoms with Gasteiger partial charge in [-0.1, -0.05) is 200 Å². The first kappa shape index (κ1) is 51.0. The quantitative estimate of drug-likeness (QED) is 0.0318. The average molecular weight is 762 g/mol. The number of ether oxygens (including phenoxy) is 1. The minimum atomic E-state index is -4.41. The Labute approximate surface area is 320 Å². The van der Waals surface area contributed by atoms with Crippen molar-refractivity contribution in [3.63, 3.8) is 0 Å². The summed E-state index contributed by atoms with van der Waals surface area (Å²) in [5.41, 5.74) is 0. The molecule has 2 unspecified atom stereocenters. The number of phosphoric acid groups is 1. The van der Waals surface area contributed by atoms with Gasteiger partial charge in [-0.3, -0.25) is 18.6 Å². The zero-order valence-electron chi connectivity index (χ0n) is 34.0. The van der Waals surface area contributed by atoms with Gasteiger partial charge >= 0.3 is 13.8 Å². The van der Waals surface area contributed by atoms with E-state index in [4.69, 9.17) is 13.8 Å². The number of esters is 1. The number of phosphoric ester groups is 1. The van der Waals surface area contributed by atoms with Crippen LogP contribution in [0.15, 0.2) is 0 Å². The maximum atomic E-state index is 12.1. The van der Waals surface area contributed by atoms with E-state index in [-0.39, 0.29) is 25.7 Å². The second-order valence-corrected chi connectivity index (χ2v) is 16.5. The molecular formula is C42H84NO8P. The third-order valence-corrected chi connectivity index (χ3v) is 10.8. The molecule has 0 fully saturated rings. The molecule has 0 radical (unpaired) electrons. The van der Waals surface area contributed by atoms with Crippen LogP contribution in [0.2, 0.25) is 0 Å². The molecule has 0 aliphatic heterocycles. The van der Waals surface area contributed by atoms with Crippen LogP contribution in [-0.2, 0) is 27.9 Å². The lowest BCUT2D eigenvalue weighted by atomic mass is 10.0. The number of amides is 1. The van der Waals surface area contributed by atoms with Crippen LogP contribution in [0.3, 0.4) is 0 Å². The first-order chi connectivity index (χ1) is 25.3. The van der Waals surface area contributed by atoms with Crippen LogP contribution in [0.25, 0.3) is 0 Å². The Morgan fingerprint density at radius 1 is 0.519 bits per heavy atom. The molecule has 1 amide bonds. The molecule has 52 heavy (non-hydrogen) atoms. The van der Waals surface area contributed by atoms with Crippen molar-refractivity contribution in [3.05, 3.63) is 0 Å². The summed E-state index contributed by atoms with van der Waals surface area (Å²) in [6.45, 7) is 3.60. The van der Waals surface area contributed by atoms with Gasteiger partial charge in [0.25, 0.3) is 0 Å². The molecule has 3 N–H and O–H groups in total. The Hall–Kier alpha value is -0.990. The van der Waals surface area contributed by atoms with Crippen LogP contribution < -0.4 is 5.32 Å². The summed E-state index contributed by atoms with van der Waals surface area (Å²) < 4.78 is 26.9. The minimum absolute atomic E-state index is 0.0884. The summed E-state index contributed by atoms with van der Waals surface area (Å²) in [6.07, 6.45) is 38.8. The van der Waals surface area contributed by atoms with Crippen LogP contribution in [-0.4, -0.2) is 54.3 Å². The Morgan fingerprint density at radius 2 is 0.865 bits per heavy atom. The molecule has 0 aromatic rings. The molecule has 9 nitrogen and oxygen atoms in total. The van der Waals surface area contributed by atoms with Gasteiger partial charge < -0.3 is 20.1 Å². The van der Waals surface area contributed by atoms with Gasteiger partial charge in [0.2, 0.25) is 5.91 Å². The van der Waals surface area contributed by atoms with E-state index in [1.54, 1.807) is 0 Å². The summed E-state index contributed by atoms with van der Waals surface area (Å²) in [6, 6.07) is 0. The first-order valence-electron chi connectivity index (χ1n) is 22.0. The molecule has 0 bridgehead atoms. The number of rotatable bonds is 42. The lowest BCUT2D eigenvalue weighted by molar-refractivity contribution is -0.147. The number of hydrogen-bond acceptors (Lipinski definition) is 7. The van der Waals surface area contributed by atoms with Gasteiger partial charge in [-0.15, -0.1) is 0 Å². The normalized spacial score (nSPS) is 13.2. The third-order valence-electron chi connectivity index (χ3n) is 9.79. The van der Waals surface area contributed by atoms with Gasteiger partial charge in [0, 0.05) is 19.4 Å². The molecule has 0 aromatic heterocycles. The highest BCUT2D eigenvalue weighted by molar-refractivity contribution is 7.47. The Balaban J connectivity index is 3.55. The smallest absolute Gasteiger partial charge is 0.463 e. The number of carbonyl (C=O) groups excluding carboxylic acids is 2. The summed E-state index contributed by atoms with van der Waals surface area (Å²) >= 11 is 0. The van der Waals surface area contributed by atoms with Crippen LogP contribution in [0.4, 0.5) is 0 Å².